The number of aromatic nitrogens is 3. The second kappa shape index (κ2) is 19.9. The summed E-state index contributed by atoms with van der Waals surface area (Å²) >= 11 is 2.49. The molecule has 0 fully saturated rings. The molecule has 0 saturated heterocycles. The topological polar surface area (TPSA) is 38.5 Å². The van der Waals surface area contributed by atoms with Gasteiger partial charge in [0, 0.05) is 23.3 Å². The summed E-state index contributed by atoms with van der Waals surface area (Å²) in [6.07, 6.45) is 1.94. The molecule has 4 heterocycles. The molecule has 0 unspecified atom stereocenters. The van der Waals surface area contributed by atoms with Gasteiger partial charge in [-0.15, -0.1) is 0 Å². The second-order valence-corrected chi connectivity index (χ2v) is 24.4. The zero-order valence-electron chi connectivity index (χ0n) is 46.6. The Labute approximate surface area is 491 Å². The molecule has 0 bridgehead atoms. The smallest absolute Gasteiger partial charge is 0.0618 e. The van der Waals surface area contributed by atoms with Gasteiger partial charge in [0.25, 0.3) is 0 Å². The fraction of sp³-hybridized carbons (Fsp3) is 0.120. The van der Waals surface area contributed by atoms with E-state index < -0.39 is 5.41 Å². The van der Waals surface area contributed by atoms with Crippen LogP contribution in [-0.4, -0.2) is 14.1 Å². The van der Waals surface area contributed by atoms with E-state index in [1.165, 1.54) is 22.3 Å². The van der Waals surface area contributed by atoms with Crippen LogP contribution in [0.2, 0.25) is 0 Å². The minimum Gasteiger partial charge on any atom is -0.0618 e. The monoisotopic (exact) mass is 1240 g/mol. The molecule has 2 aliphatic heterocycles. The van der Waals surface area contributed by atoms with E-state index in [0.29, 0.717) is 11.5 Å². The molecule has 10 aromatic carbocycles. The van der Waals surface area contributed by atoms with E-state index in [2.05, 4.69) is 329 Å². The standard InChI is InChI=1S/C75H59N5O.Pt/c1-73(2,3)53-39-41-55(42-40-53)79-65-34-16-13-31-61(65)75(62-32-14-17-35-66(62)79)63-33-15-18-36-67(63)80(71-47-54(45-46-76-71)74(4,5)6)70-49-58(43-44-64(70)75)81-57-28-21-27-56(48-57)77-50-78(69-38-20-19-37-68(69)77)72-59(51-23-9-7-10-24-51)29-22-30-60(72)52-25-11-8-12-26-52;/h7-47H,1-6H3;/q-2;. The van der Waals surface area contributed by atoms with Crippen molar-refractivity contribution in [2.24, 2.45) is 0 Å². The minimum absolute atomic E-state index is 0.0201. The van der Waals surface area contributed by atoms with Crippen molar-refractivity contribution in [1.29, 1.82) is 0 Å². The second-order valence-electron chi connectivity index (χ2n) is 23.3. The Balaban J connectivity index is 0.944. The van der Waals surface area contributed by atoms with Crippen molar-refractivity contribution in [3.05, 3.63) is 298 Å². The van der Waals surface area contributed by atoms with Gasteiger partial charge in [-0.3, -0.25) is 0 Å². The van der Waals surface area contributed by atoms with E-state index in [0.717, 1.165) is 93.8 Å². The molecule has 2 aliphatic rings. The predicted octanol–water partition coefficient (Wildman–Crippen LogP) is 19.2. The van der Waals surface area contributed by atoms with Gasteiger partial charge in [0.05, 0.1) is 0 Å². The molecule has 1 spiro atoms. The predicted molar refractivity (Wildman–Crippen MR) is 331 cm³/mol. The summed E-state index contributed by atoms with van der Waals surface area (Å²) in [7, 11) is 0. The Bertz CT molecular complexity index is 4380. The van der Waals surface area contributed by atoms with Crippen molar-refractivity contribution in [2.75, 3.05) is 9.80 Å². The van der Waals surface area contributed by atoms with Crippen molar-refractivity contribution >= 4 is 45.3 Å². The number of fused-ring (bicyclic) bond motifs is 9. The summed E-state index contributed by atoms with van der Waals surface area (Å²) in [5.41, 5.74) is 20.0. The number of hydrogen-bond acceptors (Lipinski definition) is 4. The number of pyridine rings is 1. The molecule has 82 heavy (non-hydrogen) atoms. The van der Waals surface area contributed by atoms with E-state index in [9.17, 15) is 0 Å². The van der Waals surface area contributed by atoms with Crippen molar-refractivity contribution in [2.45, 2.75) is 57.8 Å². The first-order chi connectivity index (χ1) is 39.9. The van der Waals surface area contributed by atoms with Crippen molar-refractivity contribution in [3.8, 4) is 45.1 Å². The van der Waals surface area contributed by atoms with Crippen molar-refractivity contribution in [3.63, 3.8) is 0 Å². The first-order valence-corrected chi connectivity index (χ1v) is 29.2. The Morgan fingerprint density at radius 1 is 0.439 bits per heavy atom. The van der Waals surface area contributed by atoms with Crippen LogP contribution in [0, 0.1) is 15.9 Å². The quantitative estimate of drug-likeness (QED) is 0.142. The normalized spacial score (nSPS) is 13.4. The van der Waals surface area contributed by atoms with Gasteiger partial charge in [-0.2, -0.15) is 0 Å². The fourth-order valence-electron chi connectivity index (χ4n) is 12.5. The first-order valence-electron chi connectivity index (χ1n) is 28.0. The van der Waals surface area contributed by atoms with Gasteiger partial charge in [0.2, 0.25) is 0 Å². The average Bonchev–Trinajstić information content (AvgIpc) is 1.15. The van der Waals surface area contributed by atoms with E-state index in [4.69, 9.17) is 9.72 Å². The number of para-hydroxylation sites is 6. The molecule has 0 saturated carbocycles. The van der Waals surface area contributed by atoms with Crippen LogP contribution in [0.5, 0.6) is 11.5 Å². The fourth-order valence-corrected chi connectivity index (χ4v) is 13.6. The molecule has 0 N–H and O–H groups in total. The van der Waals surface area contributed by atoms with E-state index in [1.54, 1.807) is 0 Å². The number of nitrogens with zero attached hydrogens (tertiary/aromatic N) is 5. The van der Waals surface area contributed by atoms with Crippen LogP contribution in [0.1, 0.15) is 74.9 Å². The molecule has 402 valence electrons. The van der Waals surface area contributed by atoms with E-state index >= 15 is 0 Å². The molecule has 6 nitrogen and oxygen atoms in total. The number of hydrogen-bond donors (Lipinski definition) is 0. The molecule has 14 rings (SSSR count). The van der Waals surface area contributed by atoms with Gasteiger partial charge in [0.1, 0.15) is 0 Å². The molecule has 0 atom stereocenters. The minimum atomic E-state index is -0.777. The third-order valence-electron chi connectivity index (χ3n) is 16.4. The van der Waals surface area contributed by atoms with Gasteiger partial charge in [-0.25, -0.2) is 0 Å². The molecular weight excluding hydrogens is 1180 g/mol. The SMILES string of the molecule is CC(C)(C)c1ccc(N2c3ccccc3C3(c4ccc(Oc5[c-]c(-n6[c](=[Pt])n(-c7c(-c8ccccc8)cccc7-c7ccccc7)c7ccccc76)ccc5)[c-]c4N(c4cc(C(C)(C)C)ccn4)c4ccccc43)c3ccccc32)cc1. The van der Waals surface area contributed by atoms with Crippen LogP contribution >= 0.6 is 0 Å². The summed E-state index contributed by atoms with van der Waals surface area (Å²) in [4.78, 5) is 9.92. The van der Waals surface area contributed by atoms with Gasteiger partial charge in [-0.1, -0.05) is 108 Å². The summed E-state index contributed by atoms with van der Waals surface area (Å²) in [5.74, 6) is 1.93. The number of ether oxygens (including phenoxy) is 1. The Morgan fingerprint density at radius 2 is 0.951 bits per heavy atom. The summed E-state index contributed by atoms with van der Waals surface area (Å²) in [5, 5.41) is 0. The van der Waals surface area contributed by atoms with Crippen LogP contribution in [0.4, 0.5) is 34.3 Å². The Kier molecular flexibility index (Phi) is 12.4. The molecule has 12 aromatic rings. The van der Waals surface area contributed by atoms with Gasteiger partial charge < -0.3 is 4.90 Å². The van der Waals surface area contributed by atoms with Crippen LogP contribution in [0.15, 0.2) is 249 Å². The first kappa shape index (κ1) is 51.1. The molecule has 7 heteroatoms. The van der Waals surface area contributed by atoms with Gasteiger partial charge >= 0.3 is 306 Å². The van der Waals surface area contributed by atoms with Crippen LogP contribution in [0.3, 0.4) is 0 Å². The van der Waals surface area contributed by atoms with Crippen LogP contribution in [0.25, 0.3) is 44.7 Å². The molecule has 0 aliphatic carbocycles. The summed E-state index contributed by atoms with van der Waals surface area (Å²) in [6, 6.07) is 95.0. The van der Waals surface area contributed by atoms with Gasteiger partial charge in [0.15, 0.2) is 0 Å². The zero-order chi connectivity index (χ0) is 55.9. The number of benzene rings is 10. The summed E-state index contributed by atoms with van der Waals surface area (Å²) < 4.78 is 12.8. The van der Waals surface area contributed by atoms with Crippen LogP contribution in [-0.2, 0) is 35.6 Å². The maximum atomic E-state index is 7.09. The zero-order valence-corrected chi connectivity index (χ0v) is 48.9. The summed E-state index contributed by atoms with van der Waals surface area (Å²) in [6.45, 7) is 13.6. The molecular formula is C75H59N5OPt-2. The van der Waals surface area contributed by atoms with E-state index in [-0.39, 0.29) is 10.8 Å². The van der Waals surface area contributed by atoms with Crippen molar-refractivity contribution in [1.82, 2.24) is 14.1 Å². The number of imidazole rings is 1. The third-order valence-corrected chi connectivity index (χ3v) is 17.4. The maximum absolute atomic E-state index is 7.09. The van der Waals surface area contributed by atoms with E-state index in [1.807, 2.05) is 12.3 Å². The molecule has 0 radical (unpaired) electrons. The Morgan fingerprint density at radius 3 is 1.54 bits per heavy atom. The number of anilines is 6. The molecule has 0 amide bonds. The average molecular weight is 1240 g/mol. The third kappa shape index (κ3) is 8.33. The van der Waals surface area contributed by atoms with Gasteiger partial charge in [-0.05, 0) is 52.3 Å². The number of rotatable bonds is 8. The Hall–Kier alpha value is -9.09. The van der Waals surface area contributed by atoms with Crippen molar-refractivity contribution < 1.29 is 24.1 Å². The van der Waals surface area contributed by atoms with Crippen LogP contribution < -0.4 is 14.5 Å². The molecule has 2 aromatic heterocycles.